The second-order valence-electron chi connectivity index (χ2n) is 4.77. The average molecular weight is 282 g/mol. The third-order valence-corrected chi connectivity index (χ3v) is 3.28. The fourth-order valence-electron chi connectivity index (χ4n) is 2.01. The van der Waals surface area contributed by atoms with Gasteiger partial charge in [-0.05, 0) is 31.0 Å². The summed E-state index contributed by atoms with van der Waals surface area (Å²) in [6, 6.07) is 15.8. The Hall–Kier alpha value is -2.67. The topological polar surface area (TPSA) is 52.9 Å². The largest absolute Gasteiger partial charge is 0.325 e. The van der Waals surface area contributed by atoms with Gasteiger partial charge in [-0.1, -0.05) is 36.4 Å². The highest BCUT2D eigenvalue weighted by molar-refractivity contribution is 5.94. The first-order chi connectivity index (χ1) is 10.1. The lowest BCUT2D eigenvalue weighted by molar-refractivity contribution is -0.118. The Labute approximate surface area is 123 Å². The first-order valence-corrected chi connectivity index (χ1v) is 6.61. The van der Waals surface area contributed by atoms with Crippen molar-refractivity contribution in [3.63, 3.8) is 0 Å². The van der Waals surface area contributed by atoms with Crippen LogP contribution < -0.4 is 5.32 Å². The number of anilines is 1. The van der Waals surface area contributed by atoms with Crippen molar-refractivity contribution in [1.82, 2.24) is 0 Å². The highest BCUT2D eigenvalue weighted by Gasteiger charge is 2.19. The minimum atomic E-state index is -0.810. The summed E-state index contributed by atoms with van der Waals surface area (Å²) in [6.45, 7) is 1.59. The van der Waals surface area contributed by atoms with E-state index in [1.165, 1.54) is 12.1 Å². The Bertz CT molecular complexity index is 677. The van der Waals surface area contributed by atoms with Crippen molar-refractivity contribution in [2.45, 2.75) is 13.3 Å². The highest BCUT2D eigenvalue weighted by Crippen LogP contribution is 2.19. The molecule has 0 aliphatic heterocycles. The summed E-state index contributed by atoms with van der Waals surface area (Å²) in [6.07, 6.45) is 0.331. The number of benzene rings is 2. The molecule has 0 radical (unpaired) electrons. The smallest absolute Gasteiger partial charge is 0.242 e. The number of nitriles is 1. The van der Waals surface area contributed by atoms with Crippen molar-refractivity contribution in [2.75, 3.05) is 5.32 Å². The van der Waals surface area contributed by atoms with Crippen molar-refractivity contribution in [3.8, 4) is 6.07 Å². The van der Waals surface area contributed by atoms with E-state index in [0.717, 1.165) is 5.56 Å². The van der Waals surface area contributed by atoms with Crippen molar-refractivity contribution < 1.29 is 9.18 Å². The van der Waals surface area contributed by atoms with Crippen molar-refractivity contribution in [3.05, 3.63) is 65.5 Å². The molecule has 4 heteroatoms. The van der Waals surface area contributed by atoms with E-state index in [1.54, 1.807) is 13.0 Å². The number of rotatable bonds is 4. The van der Waals surface area contributed by atoms with Crippen molar-refractivity contribution >= 4 is 11.6 Å². The lowest BCUT2D eigenvalue weighted by Crippen LogP contribution is -2.24. The quantitative estimate of drug-likeness (QED) is 0.933. The van der Waals surface area contributed by atoms with Crippen LogP contribution in [0.3, 0.4) is 0 Å². The molecule has 106 valence electrons. The van der Waals surface area contributed by atoms with Gasteiger partial charge in [-0.15, -0.1) is 0 Å². The summed E-state index contributed by atoms with van der Waals surface area (Å²) >= 11 is 0. The molecule has 0 saturated heterocycles. The van der Waals surface area contributed by atoms with E-state index in [1.807, 2.05) is 36.4 Å². The zero-order valence-electron chi connectivity index (χ0n) is 11.6. The van der Waals surface area contributed by atoms with E-state index in [-0.39, 0.29) is 5.82 Å². The number of carbonyl (C=O) groups is 1. The van der Waals surface area contributed by atoms with Gasteiger partial charge in [0.15, 0.2) is 0 Å². The molecular formula is C17H15FN2O. The standard InChI is InChI=1S/C17H15FN2O/c1-12-15(18)8-5-9-16(12)20-17(21)14(11-19)10-13-6-3-2-4-7-13/h2-9,14H,10H2,1H3,(H,20,21). The van der Waals surface area contributed by atoms with Crippen LogP contribution in [0, 0.1) is 30.0 Å². The number of carbonyl (C=O) groups excluding carboxylic acids is 1. The van der Waals surface area contributed by atoms with Crippen LogP contribution in [0.5, 0.6) is 0 Å². The lowest BCUT2D eigenvalue weighted by atomic mass is 9.99. The fraction of sp³-hybridized carbons (Fsp3) is 0.176. The van der Waals surface area contributed by atoms with Crippen LogP contribution in [0.2, 0.25) is 0 Å². The van der Waals surface area contributed by atoms with Crippen LogP contribution >= 0.6 is 0 Å². The van der Waals surface area contributed by atoms with E-state index >= 15 is 0 Å². The molecule has 0 aliphatic rings. The Balaban J connectivity index is 2.11. The van der Waals surface area contributed by atoms with Gasteiger partial charge in [0.2, 0.25) is 5.91 Å². The molecule has 1 N–H and O–H groups in total. The van der Waals surface area contributed by atoms with E-state index in [4.69, 9.17) is 0 Å². The van der Waals surface area contributed by atoms with Gasteiger partial charge in [0.25, 0.3) is 0 Å². The molecule has 0 aromatic heterocycles. The third kappa shape index (κ3) is 3.67. The molecule has 0 fully saturated rings. The van der Waals surface area contributed by atoms with Gasteiger partial charge in [-0.2, -0.15) is 5.26 Å². The van der Waals surface area contributed by atoms with E-state index in [0.29, 0.717) is 17.7 Å². The number of nitrogens with zero attached hydrogens (tertiary/aromatic N) is 1. The molecular weight excluding hydrogens is 267 g/mol. The molecule has 0 spiro atoms. The van der Waals surface area contributed by atoms with E-state index in [9.17, 15) is 14.4 Å². The Morgan fingerprint density at radius 1 is 1.24 bits per heavy atom. The molecule has 2 rings (SSSR count). The maximum atomic E-state index is 13.4. The molecule has 3 nitrogen and oxygen atoms in total. The molecule has 1 amide bonds. The first-order valence-electron chi connectivity index (χ1n) is 6.61. The van der Waals surface area contributed by atoms with Gasteiger partial charge in [-0.3, -0.25) is 4.79 Å². The average Bonchev–Trinajstić information content (AvgIpc) is 2.50. The van der Waals surface area contributed by atoms with Crippen molar-refractivity contribution in [2.24, 2.45) is 5.92 Å². The monoisotopic (exact) mass is 282 g/mol. The van der Waals surface area contributed by atoms with Crippen molar-refractivity contribution in [1.29, 1.82) is 5.26 Å². The SMILES string of the molecule is Cc1c(F)cccc1NC(=O)C(C#N)Cc1ccccc1. The maximum Gasteiger partial charge on any atom is 0.242 e. The number of nitrogens with one attached hydrogen (secondary N) is 1. The molecule has 21 heavy (non-hydrogen) atoms. The van der Waals surface area contributed by atoms with Gasteiger partial charge >= 0.3 is 0 Å². The molecule has 2 aromatic rings. The molecule has 0 saturated carbocycles. The summed E-state index contributed by atoms with van der Waals surface area (Å²) in [7, 11) is 0. The Morgan fingerprint density at radius 2 is 1.95 bits per heavy atom. The predicted molar refractivity (Wildman–Crippen MR) is 79.0 cm³/mol. The Kier molecular flexibility index (Phi) is 4.68. The van der Waals surface area contributed by atoms with Gasteiger partial charge in [0, 0.05) is 11.3 Å². The van der Waals surface area contributed by atoms with Crippen LogP contribution in [-0.2, 0) is 11.2 Å². The van der Waals surface area contributed by atoms with Crippen LogP contribution in [0.25, 0.3) is 0 Å². The zero-order chi connectivity index (χ0) is 15.2. The van der Waals surface area contributed by atoms with Crippen LogP contribution in [0.4, 0.5) is 10.1 Å². The molecule has 2 aromatic carbocycles. The summed E-state index contributed by atoms with van der Waals surface area (Å²) in [5, 5.41) is 11.8. The lowest BCUT2D eigenvalue weighted by Gasteiger charge is -2.12. The van der Waals surface area contributed by atoms with Crippen LogP contribution in [0.15, 0.2) is 48.5 Å². The van der Waals surface area contributed by atoms with Gasteiger partial charge in [-0.25, -0.2) is 4.39 Å². The van der Waals surface area contributed by atoms with Crippen LogP contribution in [-0.4, -0.2) is 5.91 Å². The predicted octanol–water partition coefficient (Wildman–Crippen LogP) is 3.46. The molecule has 0 aliphatic carbocycles. The van der Waals surface area contributed by atoms with E-state index in [2.05, 4.69) is 5.32 Å². The van der Waals surface area contributed by atoms with E-state index < -0.39 is 11.8 Å². The second-order valence-corrected chi connectivity index (χ2v) is 4.77. The maximum absolute atomic E-state index is 13.4. The van der Waals surface area contributed by atoms with Crippen LogP contribution in [0.1, 0.15) is 11.1 Å². The number of halogens is 1. The Morgan fingerprint density at radius 3 is 2.62 bits per heavy atom. The zero-order valence-corrected chi connectivity index (χ0v) is 11.6. The van der Waals surface area contributed by atoms with Gasteiger partial charge < -0.3 is 5.32 Å². The van der Waals surface area contributed by atoms with Gasteiger partial charge in [0.1, 0.15) is 11.7 Å². The van der Waals surface area contributed by atoms with Gasteiger partial charge in [0.05, 0.1) is 6.07 Å². The molecule has 0 heterocycles. The number of hydrogen-bond donors (Lipinski definition) is 1. The number of hydrogen-bond acceptors (Lipinski definition) is 2. The second kappa shape index (κ2) is 6.67. The first kappa shape index (κ1) is 14.7. The minimum absolute atomic E-state index is 0.331. The minimum Gasteiger partial charge on any atom is -0.325 e. The summed E-state index contributed by atoms with van der Waals surface area (Å²) < 4.78 is 13.4. The molecule has 1 atom stereocenters. The normalized spacial score (nSPS) is 11.5. The summed E-state index contributed by atoms with van der Waals surface area (Å²) in [5.41, 5.74) is 1.67. The number of amides is 1. The highest BCUT2D eigenvalue weighted by atomic mass is 19.1. The molecule has 0 bridgehead atoms. The third-order valence-electron chi connectivity index (χ3n) is 3.28. The summed E-state index contributed by atoms with van der Waals surface area (Å²) in [4.78, 5) is 12.2. The molecule has 1 unspecified atom stereocenters. The summed E-state index contributed by atoms with van der Waals surface area (Å²) in [5.74, 6) is -1.62. The fourth-order valence-corrected chi connectivity index (χ4v) is 2.01.